The highest BCUT2D eigenvalue weighted by Gasteiger charge is 2.50. The van der Waals surface area contributed by atoms with Crippen molar-refractivity contribution < 1.29 is 0 Å². The van der Waals surface area contributed by atoms with Crippen molar-refractivity contribution in [3.8, 4) is 0 Å². The molecule has 150 valence electrons. The van der Waals surface area contributed by atoms with Gasteiger partial charge in [0.15, 0.2) is 0 Å². The monoisotopic (exact) mass is 366 g/mol. The van der Waals surface area contributed by atoms with Gasteiger partial charge in [-0.2, -0.15) is 0 Å². The highest BCUT2D eigenvalue weighted by atomic mass is 14.5. The van der Waals surface area contributed by atoms with Crippen LogP contribution in [0.15, 0.2) is 47.6 Å². The normalized spacial score (nSPS) is 36.1. The lowest BCUT2D eigenvalue weighted by Crippen LogP contribution is -2.35. The summed E-state index contributed by atoms with van der Waals surface area (Å²) in [6.45, 7) is 14.0. The zero-order valence-electron chi connectivity index (χ0n) is 18.4. The Morgan fingerprint density at radius 1 is 1.04 bits per heavy atom. The van der Waals surface area contributed by atoms with E-state index in [4.69, 9.17) is 0 Å². The smallest absolute Gasteiger partial charge is 0.0143 e. The summed E-state index contributed by atoms with van der Waals surface area (Å²) in [5.74, 6) is 3.15. The molecule has 0 radical (unpaired) electrons. The van der Waals surface area contributed by atoms with Gasteiger partial charge in [-0.25, -0.2) is 0 Å². The van der Waals surface area contributed by atoms with Crippen LogP contribution in [0.4, 0.5) is 0 Å². The van der Waals surface area contributed by atoms with E-state index in [1.54, 1.807) is 5.57 Å². The van der Waals surface area contributed by atoms with Crippen LogP contribution in [0.5, 0.6) is 0 Å². The maximum absolute atomic E-state index is 4.31. The van der Waals surface area contributed by atoms with Gasteiger partial charge in [0.2, 0.25) is 0 Å². The van der Waals surface area contributed by atoms with Crippen LogP contribution in [-0.4, -0.2) is 0 Å². The summed E-state index contributed by atoms with van der Waals surface area (Å²) in [6.07, 6.45) is 23.2. The van der Waals surface area contributed by atoms with E-state index in [0.717, 1.165) is 23.7 Å². The molecule has 0 saturated heterocycles. The number of allylic oxidation sites excluding steroid dienone is 7. The molecule has 3 saturated carbocycles. The van der Waals surface area contributed by atoms with Gasteiger partial charge in [-0.15, -0.1) is 0 Å². The minimum atomic E-state index is 0.508. The van der Waals surface area contributed by atoms with Crippen LogP contribution in [0.25, 0.3) is 0 Å². The van der Waals surface area contributed by atoms with Crippen LogP contribution in [0, 0.1) is 29.1 Å². The summed E-state index contributed by atoms with van der Waals surface area (Å²) in [6, 6.07) is 0. The van der Waals surface area contributed by atoms with Crippen molar-refractivity contribution in [3.63, 3.8) is 0 Å². The van der Waals surface area contributed by atoms with Crippen molar-refractivity contribution in [2.45, 2.75) is 91.9 Å². The molecule has 0 bridgehead atoms. The summed E-state index contributed by atoms with van der Waals surface area (Å²) in [5.41, 5.74) is 5.18. The van der Waals surface area contributed by atoms with Gasteiger partial charge in [0.1, 0.15) is 0 Å². The van der Waals surface area contributed by atoms with Crippen molar-refractivity contribution in [1.82, 2.24) is 0 Å². The highest BCUT2D eigenvalue weighted by Crippen LogP contribution is 2.59. The van der Waals surface area contributed by atoms with Gasteiger partial charge < -0.3 is 0 Å². The summed E-state index contributed by atoms with van der Waals surface area (Å²) in [7, 11) is 0. The third-order valence-corrected chi connectivity index (χ3v) is 7.85. The molecule has 27 heavy (non-hydrogen) atoms. The van der Waals surface area contributed by atoms with Gasteiger partial charge in [-0.1, -0.05) is 69.7 Å². The molecule has 0 aromatic rings. The molecule has 0 aromatic carbocycles. The van der Waals surface area contributed by atoms with E-state index in [9.17, 15) is 0 Å². The number of fused-ring (bicyclic) bond motifs is 1. The molecule has 4 atom stereocenters. The van der Waals surface area contributed by atoms with Gasteiger partial charge in [-0.3, -0.25) is 0 Å². The Bertz CT molecular complexity index is 614. The zero-order chi connectivity index (χ0) is 19.4. The topological polar surface area (TPSA) is 0 Å². The second kappa shape index (κ2) is 8.97. The molecular weight excluding hydrogens is 324 g/mol. The fraction of sp³-hybridized carbons (Fsp3) is 0.704. The second-order valence-corrected chi connectivity index (χ2v) is 10.3. The predicted octanol–water partition coefficient (Wildman–Crippen LogP) is 8.42. The fourth-order valence-electron chi connectivity index (χ4n) is 6.24. The van der Waals surface area contributed by atoms with Crippen molar-refractivity contribution >= 4 is 0 Å². The third kappa shape index (κ3) is 4.69. The zero-order valence-corrected chi connectivity index (χ0v) is 18.4. The summed E-state index contributed by atoms with van der Waals surface area (Å²) >= 11 is 0. The average Bonchev–Trinajstić information content (AvgIpc) is 2.98. The van der Waals surface area contributed by atoms with Crippen LogP contribution < -0.4 is 0 Å². The lowest BCUT2D eigenvalue weighted by atomic mass is 9.61. The van der Waals surface area contributed by atoms with E-state index < -0.39 is 0 Å². The lowest BCUT2D eigenvalue weighted by molar-refractivity contribution is 0.112. The predicted molar refractivity (Wildman–Crippen MR) is 120 cm³/mol. The van der Waals surface area contributed by atoms with Crippen molar-refractivity contribution in [2.75, 3.05) is 0 Å². The van der Waals surface area contributed by atoms with Crippen LogP contribution in [0.2, 0.25) is 0 Å². The molecule has 0 aromatic heterocycles. The molecule has 0 spiro atoms. The Labute approximate surface area is 168 Å². The van der Waals surface area contributed by atoms with Crippen LogP contribution in [-0.2, 0) is 0 Å². The highest BCUT2D eigenvalue weighted by molar-refractivity contribution is 5.35. The van der Waals surface area contributed by atoms with Crippen molar-refractivity contribution in [3.05, 3.63) is 47.6 Å². The second-order valence-electron chi connectivity index (χ2n) is 10.3. The van der Waals surface area contributed by atoms with Gasteiger partial charge in [0, 0.05) is 0 Å². The molecule has 3 aliphatic carbocycles. The number of hydrogen-bond donors (Lipinski definition) is 0. The summed E-state index contributed by atoms with van der Waals surface area (Å²) < 4.78 is 0. The van der Waals surface area contributed by atoms with Gasteiger partial charge in [0.05, 0.1) is 0 Å². The Hall–Kier alpha value is -1.04. The molecule has 0 heteroatoms. The molecule has 3 aliphatic rings. The maximum atomic E-state index is 4.31. The Balaban J connectivity index is 1.73. The first-order valence-electron chi connectivity index (χ1n) is 11.7. The first-order valence-corrected chi connectivity index (χ1v) is 11.7. The minimum absolute atomic E-state index is 0.508. The summed E-state index contributed by atoms with van der Waals surface area (Å²) in [4.78, 5) is 0. The third-order valence-electron chi connectivity index (χ3n) is 7.85. The molecule has 3 rings (SSSR count). The van der Waals surface area contributed by atoms with Crippen LogP contribution in [0.3, 0.4) is 0 Å². The molecule has 0 aliphatic heterocycles. The van der Waals surface area contributed by atoms with Gasteiger partial charge in [0.25, 0.3) is 0 Å². The number of hydrogen-bond acceptors (Lipinski definition) is 0. The fourth-order valence-corrected chi connectivity index (χ4v) is 6.24. The van der Waals surface area contributed by atoms with E-state index >= 15 is 0 Å². The van der Waals surface area contributed by atoms with E-state index in [-0.39, 0.29) is 0 Å². The standard InChI is InChI=1S/C27H42/c1-20(2)10-8-12-22(4)25-17-18-26-24(14-9-19-27(25,26)5)16-15-23-13-7-6-11-21(23)3/h8,12,15-16,20,22,25-26H,3,6-7,9-11,13-14,17-19H2,1-2,4-5H3/b12-8+,23-15-,24-16+/t22-,25?,26?,27?/m1/s1. The lowest BCUT2D eigenvalue weighted by Gasteiger charge is -2.44. The van der Waals surface area contributed by atoms with E-state index in [1.807, 2.05) is 0 Å². The largest absolute Gasteiger partial charge is 0.0956 e. The Morgan fingerprint density at radius 2 is 1.81 bits per heavy atom. The summed E-state index contributed by atoms with van der Waals surface area (Å²) in [5, 5.41) is 0. The Kier molecular flexibility index (Phi) is 6.88. The molecule has 3 unspecified atom stereocenters. The van der Waals surface area contributed by atoms with Gasteiger partial charge >= 0.3 is 0 Å². The van der Waals surface area contributed by atoms with Gasteiger partial charge in [-0.05, 0) is 98.9 Å². The minimum Gasteiger partial charge on any atom is -0.0956 e. The maximum Gasteiger partial charge on any atom is -0.0143 e. The molecule has 0 amide bonds. The number of rotatable bonds is 5. The quantitative estimate of drug-likeness (QED) is 0.428. The average molecular weight is 367 g/mol. The van der Waals surface area contributed by atoms with E-state index in [0.29, 0.717) is 5.41 Å². The van der Waals surface area contributed by atoms with Crippen LogP contribution in [0.1, 0.15) is 91.9 Å². The molecular formula is C27H42. The van der Waals surface area contributed by atoms with E-state index in [1.165, 1.54) is 75.4 Å². The van der Waals surface area contributed by atoms with Crippen molar-refractivity contribution in [1.29, 1.82) is 0 Å². The first-order chi connectivity index (χ1) is 12.9. The van der Waals surface area contributed by atoms with Crippen molar-refractivity contribution in [2.24, 2.45) is 29.1 Å². The molecule has 0 heterocycles. The molecule has 0 nitrogen and oxygen atoms in total. The molecule has 0 N–H and O–H groups in total. The first kappa shape index (κ1) is 20.7. The Morgan fingerprint density at radius 3 is 2.56 bits per heavy atom. The SMILES string of the molecule is C=C1CCCC/C1=C/C=C1\CCCC2(C)C1CCC2[C@H](C)/C=C/CC(C)C. The van der Waals surface area contributed by atoms with Crippen LogP contribution >= 0.6 is 0 Å². The van der Waals surface area contributed by atoms with E-state index in [2.05, 4.69) is 58.6 Å². The molecule has 3 fully saturated rings.